The Labute approximate surface area is 256 Å². The molecule has 2 fully saturated rings. The Bertz CT molecular complexity index is 1660. The number of carbonyl (C=O) groups is 2. The highest BCUT2D eigenvalue weighted by Crippen LogP contribution is 2.29. The van der Waals surface area contributed by atoms with E-state index in [1.165, 1.54) is 24.4 Å². The summed E-state index contributed by atoms with van der Waals surface area (Å²) in [4.78, 5) is 37.3. The number of Topliss-reactive ketones (excluding diaryl/α,β-unsaturated/α-hetero) is 1. The van der Waals surface area contributed by atoms with Crippen molar-refractivity contribution in [2.24, 2.45) is 0 Å². The third-order valence-corrected chi connectivity index (χ3v) is 8.52. The first-order valence-electron chi connectivity index (χ1n) is 15.2. The number of hydrogen-bond acceptors (Lipinski definition) is 7. The maximum atomic E-state index is 14.7. The van der Waals surface area contributed by atoms with Gasteiger partial charge in [-0.25, -0.2) is 14.4 Å². The molecule has 10 heteroatoms. The van der Waals surface area contributed by atoms with Gasteiger partial charge in [-0.2, -0.15) is 0 Å². The number of aromatic nitrogens is 3. The van der Waals surface area contributed by atoms with Gasteiger partial charge in [-0.05, 0) is 94.1 Å². The van der Waals surface area contributed by atoms with Crippen molar-refractivity contribution in [3.8, 4) is 17.0 Å². The minimum atomic E-state index is -0.539. The topological polar surface area (TPSA) is 98.1 Å². The molecule has 0 bridgehead atoms. The Balaban J connectivity index is 1.10. The van der Waals surface area contributed by atoms with E-state index in [1.807, 2.05) is 38.1 Å². The highest BCUT2D eigenvalue weighted by molar-refractivity contribution is 5.98. The van der Waals surface area contributed by atoms with Crippen molar-refractivity contribution < 1.29 is 23.5 Å². The van der Waals surface area contributed by atoms with Crippen LogP contribution in [-0.2, 0) is 11.2 Å². The monoisotopic (exact) mass is 599 g/mol. The molecule has 0 spiro atoms. The summed E-state index contributed by atoms with van der Waals surface area (Å²) in [5.41, 5.74) is 2.98. The van der Waals surface area contributed by atoms with Crippen LogP contribution in [0.5, 0.6) is 5.88 Å². The minimum absolute atomic E-state index is 0.0512. The van der Waals surface area contributed by atoms with Gasteiger partial charge in [-0.1, -0.05) is 0 Å². The molecule has 5 heterocycles. The number of amides is 1. The lowest BCUT2D eigenvalue weighted by Crippen LogP contribution is -2.35. The molecular formula is C34H38FN5O4. The van der Waals surface area contributed by atoms with E-state index < -0.39 is 5.82 Å². The van der Waals surface area contributed by atoms with E-state index in [9.17, 15) is 14.0 Å². The lowest BCUT2D eigenvalue weighted by Gasteiger charge is -2.28. The number of likely N-dealkylation sites (tertiary alicyclic amines) is 1. The summed E-state index contributed by atoms with van der Waals surface area (Å²) in [6, 6.07) is 11.7. The standard InChI is InChI=1S/C34H38FN5O4/c1-34(2)12-8-27(44-34)20-38-33(42)23-4-6-28(35)25(16-23)17-30(41)29-21-36-31-18-22(9-15-40(29)31)24-5-7-32(37-19-24)43-26-10-13-39(3)14-11-26/h4-7,9,15-16,18-19,21,26-27H,8,10-14,17,20H2,1-3H3,(H,38,42). The first-order chi connectivity index (χ1) is 21.1. The molecule has 1 amide bonds. The van der Waals surface area contributed by atoms with Gasteiger partial charge >= 0.3 is 0 Å². The van der Waals surface area contributed by atoms with Crippen molar-refractivity contribution in [1.82, 2.24) is 24.6 Å². The summed E-state index contributed by atoms with van der Waals surface area (Å²) >= 11 is 0. The molecule has 44 heavy (non-hydrogen) atoms. The van der Waals surface area contributed by atoms with E-state index in [-0.39, 0.29) is 41.5 Å². The van der Waals surface area contributed by atoms with Gasteiger partial charge < -0.3 is 19.7 Å². The van der Waals surface area contributed by atoms with Crippen LogP contribution in [0.15, 0.2) is 61.1 Å². The van der Waals surface area contributed by atoms with Crippen LogP contribution in [0, 0.1) is 5.82 Å². The summed E-state index contributed by atoms with van der Waals surface area (Å²) < 4.78 is 28.4. The molecule has 1 unspecified atom stereocenters. The highest BCUT2D eigenvalue weighted by Gasteiger charge is 2.31. The third kappa shape index (κ3) is 6.81. The van der Waals surface area contributed by atoms with Gasteiger partial charge in [0.25, 0.3) is 5.91 Å². The van der Waals surface area contributed by atoms with E-state index in [0.29, 0.717) is 29.3 Å². The first kappa shape index (κ1) is 29.9. The fourth-order valence-electron chi connectivity index (χ4n) is 5.91. The number of hydrogen-bond donors (Lipinski definition) is 1. The zero-order valence-corrected chi connectivity index (χ0v) is 25.4. The predicted octanol–water partition coefficient (Wildman–Crippen LogP) is 5.12. The summed E-state index contributed by atoms with van der Waals surface area (Å²) in [5.74, 6) is -0.563. The predicted molar refractivity (Wildman–Crippen MR) is 165 cm³/mol. The molecule has 1 N–H and O–H groups in total. The van der Waals surface area contributed by atoms with Crippen molar-refractivity contribution in [3.63, 3.8) is 0 Å². The average molecular weight is 600 g/mol. The molecular weight excluding hydrogens is 561 g/mol. The number of imidazole rings is 1. The van der Waals surface area contributed by atoms with Crippen molar-refractivity contribution >= 4 is 17.3 Å². The number of rotatable bonds is 9. The largest absolute Gasteiger partial charge is 0.474 e. The second-order valence-electron chi connectivity index (χ2n) is 12.4. The van der Waals surface area contributed by atoms with E-state index in [2.05, 4.69) is 27.2 Å². The maximum Gasteiger partial charge on any atom is 0.251 e. The van der Waals surface area contributed by atoms with Crippen LogP contribution < -0.4 is 10.1 Å². The Morgan fingerprint density at radius 3 is 2.59 bits per heavy atom. The molecule has 0 saturated carbocycles. The summed E-state index contributed by atoms with van der Waals surface area (Å²) in [5, 5.41) is 2.87. The SMILES string of the molecule is CN1CCC(Oc2ccc(-c3ccn4c(C(=O)Cc5cc(C(=O)NCC6CCC(C)(C)O6)ccc5F)cnc4c3)cn2)CC1. The minimum Gasteiger partial charge on any atom is -0.474 e. The molecule has 1 aromatic carbocycles. The van der Waals surface area contributed by atoms with Gasteiger partial charge in [0.1, 0.15) is 23.3 Å². The zero-order valence-electron chi connectivity index (χ0n) is 25.4. The second-order valence-corrected chi connectivity index (χ2v) is 12.4. The summed E-state index contributed by atoms with van der Waals surface area (Å²) in [6.07, 6.45) is 8.75. The maximum absolute atomic E-state index is 14.7. The van der Waals surface area contributed by atoms with Crippen molar-refractivity contribution in [1.29, 1.82) is 0 Å². The Kier molecular flexibility index (Phi) is 8.46. The van der Waals surface area contributed by atoms with Crippen molar-refractivity contribution in [2.75, 3.05) is 26.7 Å². The fraction of sp³-hybridized carbons (Fsp3) is 0.412. The van der Waals surface area contributed by atoms with Crippen LogP contribution in [0.25, 0.3) is 16.8 Å². The molecule has 2 saturated heterocycles. The van der Waals surface area contributed by atoms with Crippen molar-refractivity contribution in [3.05, 3.63) is 83.7 Å². The van der Waals surface area contributed by atoms with Crippen LogP contribution in [-0.4, -0.2) is 75.4 Å². The van der Waals surface area contributed by atoms with E-state index in [1.54, 1.807) is 16.8 Å². The number of pyridine rings is 2. The molecule has 230 valence electrons. The smallest absolute Gasteiger partial charge is 0.251 e. The number of ketones is 1. The van der Waals surface area contributed by atoms with E-state index >= 15 is 0 Å². The number of carbonyl (C=O) groups excluding carboxylic acids is 2. The van der Waals surface area contributed by atoms with E-state index in [4.69, 9.17) is 9.47 Å². The van der Waals surface area contributed by atoms with Gasteiger partial charge in [-0.15, -0.1) is 0 Å². The molecule has 4 aromatic rings. The van der Waals surface area contributed by atoms with Gasteiger partial charge in [0.2, 0.25) is 5.88 Å². The van der Waals surface area contributed by atoms with Gasteiger partial charge in [-0.3, -0.25) is 14.0 Å². The summed E-state index contributed by atoms with van der Waals surface area (Å²) in [6.45, 7) is 6.48. The molecule has 2 aliphatic rings. The first-order valence-corrected chi connectivity index (χ1v) is 15.2. The zero-order chi connectivity index (χ0) is 30.8. The van der Waals surface area contributed by atoms with E-state index in [0.717, 1.165) is 49.9 Å². The van der Waals surface area contributed by atoms with Gasteiger partial charge in [0, 0.05) is 55.6 Å². The number of ether oxygens (including phenoxy) is 2. The van der Waals surface area contributed by atoms with Crippen LogP contribution in [0.1, 0.15) is 65.9 Å². The Hall–Kier alpha value is -4.15. The molecule has 0 radical (unpaired) electrons. The Morgan fingerprint density at radius 2 is 1.86 bits per heavy atom. The van der Waals surface area contributed by atoms with Crippen LogP contribution in [0.4, 0.5) is 4.39 Å². The molecule has 6 rings (SSSR count). The summed E-state index contributed by atoms with van der Waals surface area (Å²) in [7, 11) is 2.12. The van der Waals surface area contributed by atoms with Crippen LogP contribution in [0.2, 0.25) is 0 Å². The second kappa shape index (κ2) is 12.5. The number of nitrogens with zero attached hydrogens (tertiary/aromatic N) is 4. The third-order valence-electron chi connectivity index (χ3n) is 8.52. The lowest BCUT2D eigenvalue weighted by atomic mass is 10.0. The molecule has 1 atom stereocenters. The van der Waals surface area contributed by atoms with Crippen LogP contribution in [0.3, 0.4) is 0 Å². The molecule has 3 aromatic heterocycles. The quantitative estimate of drug-likeness (QED) is 0.267. The number of nitrogens with one attached hydrogen (secondary N) is 1. The average Bonchev–Trinajstić information content (AvgIpc) is 3.60. The normalized spacial score (nSPS) is 18.9. The van der Waals surface area contributed by atoms with Crippen LogP contribution >= 0.6 is 0 Å². The van der Waals surface area contributed by atoms with Gasteiger partial charge in [0.15, 0.2) is 5.78 Å². The molecule has 2 aliphatic heterocycles. The number of benzene rings is 1. The number of fused-ring (bicyclic) bond motifs is 1. The van der Waals surface area contributed by atoms with Crippen molar-refractivity contribution in [2.45, 2.75) is 63.8 Å². The fourth-order valence-corrected chi connectivity index (χ4v) is 5.91. The van der Waals surface area contributed by atoms with Gasteiger partial charge in [0.05, 0.1) is 17.9 Å². The Morgan fingerprint density at radius 1 is 1.05 bits per heavy atom. The lowest BCUT2D eigenvalue weighted by molar-refractivity contribution is -0.0138. The highest BCUT2D eigenvalue weighted by atomic mass is 19.1. The number of piperidine rings is 1. The molecule has 0 aliphatic carbocycles. The molecule has 9 nitrogen and oxygen atoms in total. The number of halogens is 1.